The Morgan fingerprint density at radius 3 is 2.63 bits per heavy atom. The highest BCUT2D eigenvalue weighted by Crippen LogP contribution is 2.17. The molecule has 0 aliphatic rings. The number of hydrogen-bond acceptors (Lipinski definition) is 4. The summed E-state index contributed by atoms with van der Waals surface area (Å²) in [4.78, 5) is -0.169. The summed E-state index contributed by atoms with van der Waals surface area (Å²) >= 11 is 1.50. The van der Waals surface area contributed by atoms with Crippen LogP contribution in [0.2, 0.25) is 0 Å². The summed E-state index contributed by atoms with van der Waals surface area (Å²) in [6.45, 7) is 2.08. The summed E-state index contributed by atoms with van der Waals surface area (Å²) in [5.41, 5.74) is 7.44. The molecule has 0 unspecified atom stereocenters. The largest absolute Gasteiger partial charge is 0.399 e. The van der Waals surface area contributed by atoms with Crippen molar-refractivity contribution in [1.82, 2.24) is 4.72 Å². The molecule has 0 spiro atoms. The fourth-order valence-electron chi connectivity index (χ4n) is 1.56. The molecule has 0 amide bonds. The molecule has 2 rings (SSSR count). The number of benzene rings is 1. The predicted octanol–water partition coefficient (Wildman–Crippen LogP) is 2.26. The molecule has 0 saturated heterocycles. The van der Waals surface area contributed by atoms with Crippen molar-refractivity contribution in [2.75, 3.05) is 5.73 Å². The zero-order valence-corrected chi connectivity index (χ0v) is 11.8. The summed E-state index contributed by atoms with van der Waals surface area (Å²) in [5.74, 6) is -0.674. The van der Waals surface area contributed by atoms with Gasteiger partial charge < -0.3 is 5.73 Å². The number of sulfonamides is 1. The first kappa shape index (κ1) is 14.0. The van der Waals surface area contributed by atoms with Gasteiger partial charge >= 0.3 is 0 Å². The molecule has 7 heteroatoms. The van der Waals surface area contributed by atoms with E-state index in [9.17, 15) is 12.8 Å². The monoisotopic (exact) mass is 300 g/mol. The number of thiophene rings is 1. The van der Waals surface area contributed by atoms with E-state index in [1.807, 2.05) is 17.7 Å². The molecule has 1 heterocycles. The summed E-state index contributed by atoms with van der Waals surface area (Å²) in [6.07, 6.45) is 0. The lowest BCUT2D eigenvalue weighted by Crippen LogP contribution is -2.23. The van der Waals surface area contributed by atoms with Gasteiger partial charge in [-0.15, -0.1) is 0 Å². The van der Waals surface area contributed by atoms with Gasteiger partial charge in [-0.05, 0) is 47.0 Å². The maximum absolute atomic E-state index is 13.2. The first-order valence-corrected chi connectivity index (χ1v) is 7.88. The highest BCUT2D eigenvalue weighted by molar-refractivity contribution is 7.89. The highest BCUT2D eigenvalue weighted by Gasteiger charge is 2.16. The number of nitrogens with two attached hydrogens (primary N) is 1. The number of rotatable bonds is 4. The third kappa shape index (κ3) is 3.31. The van der Waals surface area contributed by atoms with E-state index < -0.39 is 15.8 Å². The second-order valence-electron chi connectivity index (χ2n) is 4.12. The molecule has 102 valence electrons. The molecular formula is C12H13FN2O2S2. The molecule has 0 atom stereocenters. The normalized spacial score (nSPS) is 11.7. The van der Waals surface area contributed by atoms with Crippen LogP contribution < -0.4 is 10.5 Å². The average Bonchev–Trinajstić information content (AvgIpc) is 2.71. The van der Waals surface area contributed by atoms with Gasteiger partial charge in [-0.25, -0.2) is 17.5 Å². The Labute approximate surface area is 115 Å². The SMILES string of the molecule is Cc1cscc1CNS(=O)(=O)c1cc(N)cc(F)c1. The van der Waals surface area contributed by atoms with Crippen LogP contribution in [-0.4, -0.2) is 8.42 Å². The minimum atomic E-state index is -3.76. The van der Waals surface area contributed by atoms with Gasteiger partial charge in [0.1, 0.15) is 5.82 Å². The van der Waals surface area contributed by atoms with Gasteiger partial charge in [-0.1, -0.05) is 0 Å². The van der Waals surface area contributed by atoms with Crippen LogP contribution in [0.1, 0.15) is 11.1 Å². The van der Waals surface area contributed by atoms with Crippen LogP contribution in [0.4, 0.5) is 10.1 Å². The van der Waals surface area contributed by atoms with Crippen molar-refractivity contribution in [3.63, 3.8) is 0 Å². The number of anilines is 1. The predicted molar refractivity (Wildman–Crippen MR) is 73.9 cm³/mol. The Hall–Kier alpha value is -1.44. The summed E-state index contributed by atoms with van der Waals surface area (Å²) < 4.78 is 39.6. The maximum Gasteiger partial charge on any atom is 0.241 e. The minimum absolute atomic E-state index is 0.0760. The minimum Gasteiger partial charge on any atom is -0.399 e. The molecule has 19 heavy (non-hydrogen) atoms. The van der Waals surface area contributed by atoms with Crippen molar-refractivity contribution in [3.8, 4) is 0 Å². The van der Waals surface area contributed by atoms with E-state index in [0.29, 0.717) is 0 Å². The molecular weight excluding hydrogens is 287 g/mol. The van der Waals surface area contributed by atoms with Crippen LogP contribution in [-0.2, 0) is 16.6 Å². The smallest absolute Gasteiger partial charge is 0.241 e. The van der Waals surface area contributed by atoms with Crippen LogP contribution in [0.5, 0.6) is 0 Å². The summed E-state index contributed by atoms with van der Waals surface area (Å²) in [7, 11) is -3.76. The first-order valence-electron chi connectivity index (χ1n) is 5.46. The second kappa shape index (κ2) is 5.28. The third-order valence-corrected chi connectivity index (χ3v) is 4.91. The summed E-state index contributed by atoms with van der Waals surface area (Å²) in [5, 5.41) is 3.81. The number of halogens is 1. The molecule has 1 aromatic carbocycles. The van der Waals surface area contributed by atoms with Crippen LogP contribution in [0.15, 0.2) is 33.9 Å². The van der Waals surface area contributed by atoms with Crippen molar-refractivity contribution >= 4 is 27.0 Å². The van der Waals surface area contributed by atoms with Crippen molar-refractivity contribution in [1.29, 1.82) is 0 Å². The van der Waals surface area contributed by atoms with Gasteiger partial charge in [-0.2, -0.15) is 11.3 Å². The molecule has 0 aliphatic carbocycles. The summed E-state index contributed by atoms with van der Waals surface area (Å²) in [6, 6.07) is 3.24. The van der Waals surface area contributed by atoms with Crippen LogP contribution in [0.25, 0.3) is 0 Å². The maximum atomic E-state index is 13.2. The Balaban J connectivity index is 2.21. The number of hydrogen-bond donors (Lipinski definition) is 2. The highest BCUT2D eigenvalue weighted by atomic mass is 32.2. The Bertz CT molecular complexity index is 675. The molecule has 1 aromatic heterocycles. The van der Waals surface area contributed by atoms with Gasteiger partial charge in [0, 0.05) is 12.2 Å². The van der Waals surface area contributed by atoms with E-state index in [2.05, 4.69) is 4.72 Å². The third-order valence-electron chi connectivity index (χ3n) is 2.62. The Kier molecular flexibility index (Phi) is 3.88. The lowest BCUT2D eigenvalue weighted by Gasteiger charge is -2.07. The fraction of sp³-hybridized carbons (Fsp3) is 0.167. The van der Waals surface area contributed by atoms with Gasteiger partial charge in [0.15, 0.2) is 0 Å². The standard InChI is InChI=1S/C12H13FN2O2S2/c1-8-6-18-7-9(8)5-15-19(16,17)12-3-10(13)2-11(14)4-12/h2-4,6-7,15H,5,14H2,1H3. The number of nitrogen functional groups attached to an aromatic ring is 1. The van der Waals surface area contributed by atoms with Crippen molar-refractivity contribution < 1.29 is 12.8 Å². The Morgan fingerprint density at radius 2 is 2.05 bits per heavy atom. The van der Waals surface area contributed by atoms with Crippen molar-refractivity contribution in [3.05, 3.63) is 45.9 Å². The molecule has 0 fully saturated rings. The number of aryl methyl sites for hydroxylation is 1. The second-order valence-corrected chi connectivity index (χ2v) is 6.64. The van der Waals surface area contributed by atoms with Crippen LogP contribution in [0, 0.1) is 12.7 Å². The van der Waals surface area contributed by atoms with E-state index in [4.69, 9.17) is 5.73 Å². The van der Waals surface area contributed by atoms with Gasteiger partial charge in [-0.3, -0.25) is 0 Å². The molecule has 0 saturated carbocycles. The number of nitrogens with one attached hydrogen (secondary N) is 1. The molecule has 0 bridgehead atoms. The van der Waals surface area contributed by atoms with E-state index in [1.54, 1.807) is 0 Å². The van der Waals surface area contributed by atoms with E-state index in [0.717, 1.165) is 23.3 Å². The molecule has 3 N–H and O–H groups in total. The molecule has 0 aliphatic heterocycles. The van der Waals surface area contributed by atoms with Gasteiger partial charge in [0.25, 0.3) is 0 Å². The van der Waals surface area contributed by atoms with E-state index >= 15 is 0 Å². The van der Waals surface area contributed by atoms with E-state index in [1.165, 1.54) is 17.4 Å². The van der Waals surface area contributed by atoms with Crippen LogP contribution in [0.3, 0.4) is 0 Å². The fourth-order valence-corrected chi connectivity index (χ4v) is 3.49. The quantitative estimate of drug-likeness (QED) is 0.851. The zero-order chi connectivity index (χ0) is 14.0. The van der Waals surface area contributed by atoms with Crippen molar-refractivity contribution in [2.45, 2.75) is 18.4 Å². The van der Waals surface area contributed by atoms with Gasteiger partial charge in [0.2, 0.25) is 10.0 Å². The van der Waals surface area contributed by atoms with Gasteiger partial charge in [0.05, 0.1) is 4.90 Å². The lowest BCUT2D eigenvalue weighted by atomic mass is 10.2. The topological polar surface area (TPSA) is 72.2 Å². The lowest BCUT2D eigenvalue weighted by molar-refractivity contribution is 0.577. The van der Waals surface area contributed by atoms with Crippen LogP contribution >= 0.6 is 11.3 Å². The van der Waals surface area contributed by atoms with Crippen molar-refractivity contribution in [2.24, 2.45) is 0 Å². The average molecular weight is 300 g/mol. The molecule has 2 aromatic rings. The van der Waals surface area contributed by atoms with E-state index in [-0.39, 0.29) is 17.1 Å². The first-order chi connectivity index (χ1) is 8.88. The Morgan fingerprint density at radius 1 is 1.32 bits per heavy atom. The molecule has 0 radical (unpaired) electrons. The zero-order valence-electron chi connectivity index (χ0n) is 10.2. The molecule has 4 nitrogen and oxygen atoms in total.